The predicted molar refractivity (Wildman–Crippen MR) is 98.8 cm³/mol. The fourth-order valence-corrected chi connectivity index (χ4v) is 4.04. The van der Waals surface area contributed by atoms with E-state index in [-0.39, 0.29) is 82.2 Å². The summed E-state index contributed by atoms with van der Waals surface area (Å²) < 4.78 is 0. The van der Waals surface area contributed by atoms with Gasteiger partial charge in [0.2, 0.25) is 0 Å². The molecule has 1 aliphatic heterocycles. The summed E-state index contributed by atoms with van der Waals surface area (Å²) in [7, 11) is 1.95. The second kappa shape index (κ2) is 10.5. The first-order valence-electron chi connectivity index (χ1n) is 7.82. The minimum absolute atomic E-state index is 0. The summed E-state index contributed by atoms with van der Waals surface area (Å²) in [6, 6.07) is 10.7. The first-order valence-corrected chi connectivity index (χ1v) is 8.64. The van der Waals surface area contributed by atoms with Crippen LogP contribution in [0.25, 0.3) is 10.4 Å². The number of aryl methyl sites for hydroxylation is 1. The van der Waals surface area contributed by atoms with Gasteiger partial charge < -0.3 is 17.6 Å². The van der Waals surface area contributed by atoms with Crippen LogP contribution >= 0.6 is 11.3 Å². The van der Waals surface area contributed by atoms with Gasteiger partial charge in [0.1, 0.15) is 0 Å². The summed E-state index contributed by atoms with van der Waals surface area (Å²) in [6.45, 7) is 4.73. The molecule has 124 valence electrons. The van der Waals surface area contributed by atoms with Crippen LogP contribution in [-0.2, 0) is 6.54 Å². The minimum atomic E-state index is 0. The molecule has 1 aliphatic rings. The Morgan fingerprint density at radius 2 is 1.83 bits per heavy atom. The molecule has 0 aliphatic carbocycles. The fraction of sp³-hybridized carbons (Fsp3) is 0.368. The van der Waals surface area contributed by atoms with E-state index in [1.54, 1.807) is 11.3 Å². The molecule has 3 rings (SSSR count). The molecular weight excluding hydrogens is 437 g/mol. The van der Waals surface area contributed by atoms with Gasteiger partial charge in [-0.3, -0.25) is 4.79 Å². The van der Waals surface area contributed by atoms with Gasteiger partial charge in [0, 0.05) is 24.5 Å². The van der Waals surface area contributed by atoms with Crippen molar-refractivity contribution >= 4 is 17.2 Å². The second-order valence-electron chi connectivity index (χ2n) is 5.85. The van der Waals surface area contributed by atoms with E-state index < -0.39 is 0 Å². The van der Waals surface area contributed by atoms with Crippen molar-refractivity contribution < 1.29 is 73.7 Å². The van der Waals surface area contributed by atoms with Crippen LogP contribution in [-0.4, -0.2) is 30.9 Å². The van der Waals surface area contributed by atoms with Crippen LogP contribution in [0.1, 0.15) is 33.6 Å². The van der Waals surface area contributed by atoms with Crippen molar-refractivity contribution in [3.05, 3.63) is 53.8 Å². The Bertz CT molecular complexity index is 661. The maximum atomic E-state index is 12.6. The average Bonchev–Trinajstić information content (AvgIpc) is 3.17. The predicted octanol–water partition coefficient (Wildman–Crippen LogP) is 1.13. The number of thiophene rings is 1. The van der Waals surface area contributed by atoms with E-state index in [1.807, 2.05) is 18.9 Å². The van der Waals surface area contributed by atoms with Crippen LogP contribution in [0, 0.1) is 14.4 Å². The van der Waals surface area contributed by atoms with Gasteiger partial charge in [0.15, 0.2) is 0 Å². The molecule has 0 spiro atoms. The standard InChI is InChI=1S/C18H22N2OS.CH3.Cs/c1-13-11-16(15-7-5-14(6-8-15)12-19-2)22-17(13)18(21)20-9-3-4-10-20;;/h5-8,11,19H,3-4,9-10,12H2,1-2H3;1H3;/q;-1;+1. The monoisotopic (exact) mass is 462 g/mol. The third-order valence-electron chi connectivity index (χ3n) is 4.12. The molecule has 0 saturated carbocycles. The summed E-state index contributed by atoms with van der Waals surface area (Å²) >= 11 is 1.62. The quantitative estimate of drug-likeness (QED) is 0.692. The molecule has 0 atom stereocenters. The first-order chi connectivity index (χ1) is 10.7. The SMILES string of the molecule is CNCc1ccc(-c2cc(C)c(C(=O)N3CCCC3)s2)cc1.[CH3-].[Cs+]. The van der Waals surface area contributed by atoms with Gasteiger partial charge in [0.25, 0.3) is 5.91 Å². The largest absolute Gasteiger partial charge is 1.00 e. The van der Waals surface area contributed by atoms with Crippen molar-refractivity contribution in [3.63, 3.8) is 0 Å². The Labute approximate surface area is 208 Å². The number of amides is 1. The topological polar surface area (TPSA) is 32.3 Å². The molecule has 0 unspecified atom stereocenters. The summed E-state index contributed by atoms with van der Waals surface area (Å²) in [5.74, 6) is 0.207. The summed E-state index contributed by atoms with van der Waals surface area (Å²) in [6.07, 6.45) is 2.27. The Morgan fingerprint density at radius 3 is 2.42 bits per heavy atom. The van der Waals surface area contributed by atoms with E-state index in [1.165, 1.54) is 16.0 Å². The van der Waals surface area contributed by atoms with Gasteiger partial charge in [-0.1, -0.05) is 24.3 Å². The molecular formula is C19H25CsN2OS. The van der Waals surface area contributed by atoms with Crippen LogP contribution in [0.2, 0.25) is 0 Å². The van der Waals surface area contributed by atoms with Crippen molar-refractivity contribution in [1.82, 2.24) is 10.2 Å². The van der Waals surface area contributed by atoms with E-state index in [2.05, 4.69) is 35.6 Å². The minimum Gasteiger partial charge on any atom is -0.358 e. The third kappa shape index (κ3) is 5.20. The van der Waals surface area contributed by atoms with Gasteiger partial charge in [-0.2, -0.15) is 0 Å². The van der Waals surface area contributed by atoms with E-state index in [0.717, 1.165) is 42.9 Å². The summed E-state index contributed by atoms with van der Waals surface area (Å²) in [5, 5.41) is 3.16. The van der Waals surface area contributed by atoms with E-state index in [9.17, 15) is 4.79 Å². The van der Waals surface area contributed by atoms with Crippen molar-refractivity contribution in [1.29, 1.82) is 0 Å². The summed E-state index contributed by atoms with van der Waals surface area (Å²) in [4.78, 5) is 16.6. The van der Waals surface area contributed by atoms with Crippen LogP contribution in [0.4, 0.5) is 0 Å². The van der Waals surface area contributed by atoms with Gasteiger partial charge in [-0.25, -0.2) is 0 Å². The molecule has 1 aromatic heterocycles. The molecule has 3 nitrogen and oxygen atoms in total. The van der Waals surface area contributed by atoms with Crippen LogP contribution in [0.3, 0.4) is 0 Å². The molecule has 1 saturated heterocycles. The van der Waals surface area contributed by atoms with E-state index in [0.29, 0.717) is 0 Å². The average molecular weight is 462 g/mol. The number of carbonyl (C=O) groups excluding carboxylic acids is 1. The Morgan fingerprint density at radius 1 is 1.21 bits per heavy atom. The molecule has 0 radical (unpaired) electrons. The van der Waals surface area contributed by atoms with Crippen molar-refractivity contribution in [2.45, 2.75) is 26.3 Å². The number of rotatable bonds is 4. The maximum absolute atomic E-state index is 12.6. The smallest absolute Gasteiger partial charge is 0.358 e. The Kier molecular flexibility index (Phi) is 9.84. The molecule has 2 aromatic rings. The number of hydrogen-bond acceptors (Lipinski definition) is 3. The summed E-state index contributed by atoms with van der Waals surface area (Å²) in [5.41, 5.74) is 3.55. The maximum Gasteiger partial charge on any atom is 1.00 e. The van der Waals surface area contributed by atoms with Crippen LogP contribution < -0.4 is 74.2 Å². The number of nitrogens with one attached hydrogen (secondary N) is 1. The number of benzene rings is 1. The first kappa shape index (κ1) is 22.4. The normalized spacial score (nSPS) is 13.3. The van der Waals surface area contributed by atoms with Crippen LogP contribution in [0.5, 0.6) is 0 Å². The fourth-order valence-electron chi connectivity index (χ4n) is 2.89. The van der Waals surface area contributed by atoms with Gasteiger partial charge in [-0.05, 0) is 49.6 Å². The van der Waals surface area contributed by atoms with Crippen molar-refractivity contribution in [3.8, 4) is 10.4 Å². The zero-order chi connectivity index (χ0) is 15.5. The molecule has 1 fully saturated rings. The molecule has 1 N–H and O–H groups in total. The zero-order valence-corrected chi connectivity index (χ0v) is 22.3. The molecule has 1 amide bonds. The molecule has 1 aromatic carbocycles. The van der Waals surface area contributed by atoms with Crippen molar-refractivity contribution in [2.75, 3.05) is 20.1 Å². The van der Waals surface area contributed by atoms with Crippen molar-refractivity contribution in [2.24, 2.45) is 0 Å². The Hall–Kier alpha value is 0.402. The number of nitrogens with zero attached hydrogens (tertiary/aromatic N) is 1. The second-order valence-corrected chi connectivity index (χ2v) is 6.90. The van der Waals surface area contributed by atoms with Gasteiger partial charge in [0.05, 0.1) is 4.88 Å². The molecule has 2 heterocycles. The molecule has 24 heavy (non-hydrogen) atoms. The molecule has 5 heteroatoms. The number of hydrogen-bond donors (Lipinski definition) is 1. The number of likely N-dealkylation sites (tertiary alicyclic amines) is 1. The van der Waals surface area contributed by atoms with Gasteiger partial charge in [-0.15, -0.1) is 11.3 Å². The zero-order valence-electron chi connectivity index (χ0n) is 15.2. The van der Waals surface area contributed by atoms with E-state index in [4.69, 9.17) is 0 Å². The third-order valence-corrected chi connectivity index (χ3v) is 5.40. The van der Waals surface area contributed by atoms with Gasteiger partial charge >= 0.3 is 68.9 Å². The number of carbonyl (C=O) groups is 1. The van der Waals surface area contributed by atoms with Crippen LogP contribution in [0.15, 0.2) is 30.3 Å². The molecule has 0 bridgehead atoms. The Balaban J connectivity index is 0.00000144. The van der Waals surface area contributed by atoms with E-state index >= 15 is 0 Å².